The number of aliphatic carboxylic acids is 1. The maximum atomic E-state index is 12.0. The molecule has 0 aliphatic carbocycles. The lowest BCUT2D eigenvalue weighted by atomic mass is 10.1. The van der Waals surface area contributed by atoms with Crippen LogP contribution >= 0.6 is 0 Å². The zero-order valence-corrected chi connectivity index (χ0v) is 12.0. The summed E-state index contributed by atoms with van der Waals surface area (Å²) in [5, 5.41) is 11.8. The van der Waals surface area contributed by atoms with Gasteiger partial charge in [-0.1, -0.05) is 12.8 Å². The molecule has 1 aromatic rings. The molecule has 116 valence electrons. The molecule has 0 saturated carbocycles. The molecular formula is C14H22N4O3. The number of imidazole rings is 1. The van der Waals surface area contributed by atoms with Crippen LogP contribution in [0.15, 0.2) is 12.5 Å². The van der Waals surface area contributed by atoms with E-state index in [4.69, 9.17) is 0 Å². The lowest BCUT2D eigenvalue weighted by Gasteiger charge is -2.20. The van der Waals surface area contributed by atoms with Crippen LogP contribution in [0.3, 0.4) is 0 Å². The van der Waals surface area contributed by atoms with Crippen molar-refractivity contribution < 1.29 is 14.7 Å². The second-order valence-electron chi connectivity index (χ2n) is 5.43. The number of carboxylic acids is 1. The van der Waals surface area contributed by atoms with Crippen LogP contribution in [-0.2, 0) is 16.0 Å². The van der Waals surface area contributed by atoms with Gasteiger partial charge in [-0.2, -0.15) is 0 Å². The number of nitrogens with zero attached hydrogens (tertiary/aromatic N) is 2. The molecule has 7 heteroatoms. The largest absolute Gasteiger partial charge is 0.480 e. The van der Waals surface area contributed by atoms with Crippen molar-refractivity contribution in [3.63, 3.8) is 0 Å². The number of aromatic amines is 1. The van der Waals surface area contributed by atoms with Crippen LogP contribution in [0, 0.1) is 0 Å². The Morgan fingerprint density at radius 3 is 2.62 bits per heavy atom. The van der Waals surface area contributed by atoms with Crippen molar-refractivity contribution in [2.24, 2.45) is 0 Å². The maximum Gasteiger partial charge on any atom is 0.326 e. The number of aromatic nitrogens is 2. The average molecular weight is 294 g/mol. The van der Waals surface area contributed by atoms with Crippen molar-refractivity contribution in [2.45, 2.75) is 38.1 Å². The van der Waals surface area contributed by atoms with Gasteiger partial charge in [-0.3, -0.25) is 9.69 Å². The summed E-state index contributed by atoms with van der Waals surface area (Å²) in [6.45, 7) is 2.09. The van der Waals surface area contributed by atoms with Gasteiger partial charge in [0.1, 0.15) is 6.04 Å². The first-order valence-corrected chi connectivity index (χ1v) is 7.37. The van der Waals surface area contributed by atoms with E-state index in [0.29, 0.717) is 5.69 Å². The average Bonchev–Trinajstić information content (AvgIpc) is 2.81. The summed E-state index contributed by atoms with van der Waals surface area (Å²) in [5.41, 5.74) is 0.692. The zero-order chi connectivity index (χ0) is 15.1. The van der Waals surface area contributed by atoms with Gasteiger partial charge in [0.15, 0.2) is 0 Å². The fourth-order valence-corrected chi connectivity index (χ4v) is 2.55. The summed E-state index contributed by atoms with van der Waals surface area (Å²) in [4.78, 5) is 32.1. The Bertz CT molecular complexity index is 453. The van der Waals surface area contributed by atoms with E-state index >= 15 is 0 Å². The van der Waals surface area contributed by atoms with E-state index < -0.39 is 12.0 Å². The van der Waals surface area contributed by atoms with Gasteiger partial charge in [0, 0.05) is 18.3 Å². The predicted octanol–water partition coefficient (Wildman–Crippen LogP) is 0.398. The molecule has 0 unspecified atom stereocenters. The summed E-state index contributed by atoms with van der Waals surface area (Å²) in [5.74, 6) is -1.27. The van der Waals surface area contributed by atoms with Crippen LogP contribution in [0.5, 0.6) is 0 Å². The Labute approximate surface area is 123 Å². The van der Waals surface area contributed by atoms with Crippen molar-refractivity contribution in [1.82, 2.24) is 20.2 Å². The fourth-order valence-electron chi connectivity index (χ4n) is 2.55. The van der Waals surface area contributed by atoms with E-state index in [2.05, 4.69) is 20.2 Å². The number of nitrogens with one attached hydrogen (secondary N) is 2. The van der Waals surface area contributed by atoms with E-state index in [1.54, 1.807) is 6.20 Å². The molecule has 0 aromatic carbocycles. The highest BCUT2D eigenvalue weighted by Gasteiger charge is 2.22. The molecule has 1 atom stereocenters. The summed E-state index contributed by atoms with van der Waals surface area (Å²) < 4.78 is 0. The third-order valence-corrected chi connectivity index (χ3v) is 3.68. The molecule has 1 amide bonds. The maximum absolute atomic E-state index is 12.0. The highest BCUT2D eigenvalue weighted by atomic mass is 16.4. The monoisotopic (exact) mass is 294 g/mol. The third kappa shape index (κ3) is 5.18. The molecule has 1 aliphatic heterocycles. The molecule has 3 N–H and O–H groups in total. The van der Waals surface area contributed by atoms with E-state index in [1.165, 1.54) is 19.2 Å². The van der Waals surface area contributed by atoms with Crippen molar-refractivity contribution in [3.8, 4) is 0 Å². The van der Waals surface area contributed by atoms with Crippen molar-refractivity contribution in [1.29, 1.82) is 0 Å². The topological polar surface area (TPSA) is 98.3 Å². The van der Waals surface area contributed by atoms with Gasteiger partial charge < -0.3 is 15.4 Å². The first-order valence-electron chi connectivity index (χ1n) is 7.37. The number of hydrogen-bond donors (Lipinski definition) is 3. The third-order valence-electron chi connectivity index (χ3n) is 3.68. The van der Waals surface area contributed by atoms with Crippen LogP contribution in [0.25, 0.3) is 0 Å². The van der Waals surface area contributed by atoms with Gasteiger partial charge in [0.2, 0.25) is 5.91 Å². The molecule has 0 bridgehead atoms. The number of hydrogen-bond acceptors (Lipinski definition) is 4. The summed E-state index contributed by atoms with van der Waals surface area (Å²) >= 11 is 0. The summed E-state index contributed by atoms with van der Waals surface area (Å²) in [6.07, 6.45) is 7.88. The molecule has 1 saturated heterocycles. The van der Waals surface area contributed by atoms with Gasteiger partial charge in [0.05, 0.1) is 12.9 Å². The van der Waals surface area contributed by atoms with E-state index in [-0.39, 0.29) is 18.9 Å². The lowest BCUT2D eigenvalue weighted by Crippen LogP contribution is -2.46. The van der Waals surface area contributed by atoms with Crippen molar-refractivity contribution >= 4 is 11.9 Å². The molecule has 0 radical (unpaired) electrons. The normalized spacial score (nSPS) is 17.9. The van der Waals surface area contributed by atoms with Crippen LogP contribution in [0.4, 0.5) is 0 Å². The zero-order valence-electron chi connectivity index (χ0n) is 12.0. The van der Waals surface area contributed by atoms with Crippen LogP contribution in [0.1, 0.15) is 31.4 Å². The standard InChI is InChI=1S/C14H22N4O3/c19-13(9-18-5-3-1-2-4-6-18)17-12(14(20)21)7-11-8-15-10-16-11/h8,10,12H,1-7,9H2,(H,15,16)(H,17,19)(H,20,21)/t12-/m0/s1. The summed E-state index contributed by atoms with van der Waals surface area (Å²) in [6, 6.07) is -0.926. The molecule has 0 spiro atoms. The van der Waals surface area contributed by atoms with Gasteiger partial charge in [-0.05, 0) is 25.9 Å². The van der Waals surface area contributed by atoms with E-state index in [0.717, 1.165) is 25.9 Å². The van der Waals surface area contributed by atoms with Crippen molar-refractivity contribution in [3.05, 3.63) is 18.2 Å². The van der Waals surface area contributed by atoms with E-state index in [9.17, 15) is 14.7 Å². The van der Waals surface area contributed by atoms with Crippen LogP contribution in [0.2, 0.25) is 0 Å². The van der Waals surface area contributed by atoms with Gasteiger partial charge in [0.25, 0.3) is 0 Å². The Morgan fingerprint density at radius 1 is 1.33 bits per heavy atom. The number of H-pyrrole nitrogens is 1. The Kier molecular flexibility index (Phi) is 5.74. The van der Waals surface area contributed by atoms with Crippen molar-refractivity contribution in [2.75, 3.05) is 19.6 Å². The van der Waals surface area contributed by atoms with Gasteiger partial charge in [-0.15, -0.1) is 0 Å². The van der Waals surface area contributed by atoms with Gasteiger partial charge >= 0.3 is 5.97 Å². The number of likely N-dealkylation sites (tertiary alicyclic amines) is 1. The second kappa shape index (κ2) is 7.78. The second-order valence-corrected chi connectivity index (χ2v) is 5.43. The minimum Gasteiger partial charge on any atom is -0.480 e. The highest BCUT2D eigenvalue weighted by molar-refractivity contribution is 5.84. The SMILES string of the molecule is O=C(CN1CCCCCC1)N[C@@H](Cc1cnc[nH]1)C(=O)O. The fraction of sp³-hybridized carbons (Fsp3) is 0.643. The van der Waals surface area contributed by atoms with Crippen LogP contribution < -0.4 is 5.32 Å². The van der Waals surface area contributed by atoms with Crippen LogP contribution in [-0.4, -0.2) is 57.5 Å². The quantitative estimate of drug-likeness (QED) is 0.705. The Hall–Kier alpha value is -1.89. The molecule has 1 fully saturated rings. The molecular weight excluding hydrogens is 272 g/mol. The minimum atomic E-state index is -1.03. The number of carbonyl (C=O) groups is 2. The van der Waals surface area contributed by atoms with E-state index in [1.807, 2.05) is 0 Å². The molecule has 21 heavy (non-hydrogen) atoms. The summed E-state index contributed by atoms with van der Waals surface area (Å²) in [7, 11) is 0. The number of rotatable bonds is 6. The number of amides is 1. The highest BCUT2D eigenvalue weighted by Crippen LogP contribution is 2.09. The smallest absolute Gasteiger partial charge is 0.326 e. The number of carboxylic acid groups (broad SMARTS) is 1. The molecule has 2 rings (SSSR count). The first kappa shape index (κ1) is 15.5. The lowest BCUT2D eigenvalue weighted by molar-refractivity contribution is -0.142. The Morgan fingerprint density at radius 2 is 2.05 bits per heavy atom. The minimum absolute atomic E-state index is 0.209. The predicted molar refractivity (Wildman–Crippen MR) is 76.8 cm³/mol. The number of carbonyl (C=O) groups excluding carboxylic acids is 1. The molecule has 7 nitrogen and oxygen atoms in total. The molecule has 1 aliphatic rings. The molecule has 2 heterocycles. The first-order chi connectivity index (χ1) is 10.1. The Balaban J connectivity index is 1.84. The van der Waals surface area contributed by atoms with Gasteiger partial charge in [-0.25, -0.2) is 9.78 Å². The molecule has 1 aromatic heterocycles.